The lowest BCUT2D eigenvalue weighted by Gasteiger charge is -2.27. The lowest BCUT2D eigenvalue weighted by Crippen LogP contribution is -2.43. The highest BCUT2D eigenvalue weighted by atomic mass is 35.5. The van der Waals surface area contributed by atoms with Gasteiger partial charge in [0, 0.05) is 38.1 Å². The largest absolute Gasteiger partial charge is 0.494 e. The molecule has 176 valence electrons. The van der Waals surface area contributed by atoms with Crippen molar-refractivity contribution in [3.63, 3.8) is 0 Å². The third kappa shape index (κ3) is 7.00. The van der Waals surface area contributed by atoms with E-state index in [-0.39, 0.29) is 17.9 Å². The number of rotatable bonds is 11. The van der Waals surface area contributed by atoms with Crippen LogP contribution >= 0.6 is 23.2 Å². The second kappa shape index (κ2) is 12.1. The van der Waals surface area contributed by atoms with Gasteiger partial charge in [-0.25, -0.2) is 0 Å². The summed E-state index contributed by atoms with van der Waals surface area (Å²) in [6.45, 7) is 10.7. The van der Waals surface area contributed by atoms with E-state index in [9.17, 15) is 5.11 Å². The van der Waals surface area contributed by atoms with Gasteiger partial charge in [-0.3, -0.25) is 0 Å². The molecule has 32 heavy (non-hydrogen) atoms. The smallest absolute Gasteiger partial charge is 0.138 e. The third-order valence-electron chi connectivity index (χ3n) is 5.94. The maximum atomic E-state index is 9.58. The molecule has 0 amide bonds. The molecule has 0 aromatic heterocycles. The Balaban J connectivity index is 1.55. The SMILES string of the molecule is CC(C)(c1ccc(OCCCN2CCNCC2)cc1)c1ccc(OCC(O)CCl)c(Cl)c1. The van der Waals surface area contributed by atoms with Gasteiger partial charge in [0.1, 0.15) is 24.2 Å². The van der Waals surface area contributed by atoms with Gasteiger partial charge in [0.2, 0.25) is 0 Å². The summed E-state index contributed by atoms with van der Waals surface area (Å²) in [5.74, 6) is 1.56. The Labute approximate surface area is 201 Å². The molecule has 1 unspecified atom stereocenters. The zero-order valence-electron chi connectivity index (χ0n) is 18.9. The molecular weight excluding hydrogens is 447 g/mol. The van der Waals surface area contributed by atoms with Gasteiger partial charge in [-0.15, -0.1) is 11.6 Å². The first-order valence-electron chi connectivity index (χ1n) is 11.2. The summed E-state index contributed by atoms with van der Waals surface area (Å²) < 4.78 is 11.5. The second-order valence-electron chi connectivity index (χ2n) is 8.71. The number of aliphatic hydroxyl groups excluding tert-OH is 1. The Bertz CT molecular complexity index is 840. The highest BCUT2D eigenvalue weighted by Crippen LogP contribution is 2.36. The molecule has 2 N–H and O–H groups in total. The number of ether oxygens (including phenoxy) is 2. The van der Waals surface area contributed by atoms with Gasteiger partial charge in [0.05, 0.1) is 17.5 Å². The number of piperazine rings is 1. The van der Waals surface area contributed by atoms with Crippen molar-refractivity contribution in [2.75, 3.05) is 51.8 Å². The van der Waals surface area contributed by atoms with Gasteiger partial charge < -0.3 is 24.8 Å². The molecule has 1 fully saturated rings. The Hall–Kier alpha value is -1.50. The number of halogens is 2. The van der Waals surface area contributed by atoms with Crippen LogP contribution in [0.1, 0.15) is 31.4 Å². The van der Waals surface area contributed by atoms with E-state index in [0.717, 1.165) is 57.1 Å². The Kier molecular flexibility index (Phi) is 9.50. The fourth-order valence-electron chi connectivity index (χ4n) is 3.78. The van der Waals surface area contributed by atoms with E-state index >= 15 is 0 Å². The maximum Gasteiger partial charge on any atom is 0.138 e. The first kappa shape index (κ1) is 25.1. The molecule has 2 aromatic rings. The van der Waals surface area contributed by atoms with Crippen LogP contribution in [0.5, 0.6) is 11.5 Å². The minimum absolute atomic E-state index is 0.114. The summed E-state index contributed by atoms with van der Waals surface area (Å²) in [6.07, 6.45) is 0.314. The molecule has 3 rings (SSSR count). The fourth-order valence-corrected chi connectivity index (χ4v) is 4.11. The van der Waals surface area contributed by atoms with Crippen molar-refractivity contribution in [3.8, 4) is 11.5 Å². The summed E-state index contributed by atoms with van der Waals surface area (Å²) in [5.41, 5.74) is 2.02. The van der Waals surface area contributed by atoms with Gasteiger partial charge in [-0.05, 0) is 41.8 Å². The minimum Gasteiger partial charge on any atom is -0.494 e. The van der Waals surface area contributed by atoms with E-state index < -0.39 is 6.10 Å². The minimum atomic E-state index is -0.716. The van der Waals surface area contributed by atoms with Gasteiger partial charge in [0.25, 0.3) is 0 Å². The third-order valence-corrected chi connectivity index (χ3v) is 6.59. The average Bonchev–Trinajstić information content (AvgIpc) is 2.81. The van der Waals surface area contributed by atoms with Crippen LogP contribution in [-0.2, 0) is 5.41 Å². The van der Waals surface area contributed by atoms with E-state index in [1.165, 1.54) is 5.56 Å². The Morgan fingerprint density at radius 1 is 1.06 bits per heavy atom. The van der Waals surface area contributed by atoms with Crippen molar-refractivity contribution in [3.05, 3.63) is 58.6 Å². The van der Waals surface area contributed by atoms with Crippen LogP contribution < -0.4 is 14.8 Å². The van der Waals surface area contributed by atoms with Gasteiger partial charge in [-0.1, -0.05) is 43.6 Å². The molecule has 7 heteroatoms. The number of aliphatic hydroxyl groups is 1. The highest BCUT2D eigenvalue weighted by Gasteiger charge is 2.24. The Morgan fingerprint density at radius 2 is 1.75 bits per heavy atom. The summed E-state index contributed by atoms with van der Waals surface area (Å²) in [5, 5.41) is 13.5. The Morgan fingerprint density at radius 3 is 2.41 bits per heavy atom. The molecular formula is C25H34Cl2N2O3. The van der Waals surface area contributed by atoms with E-state index in [2.05, 4.69) is 36.2 Å². The zero-order valence-corrected chi connectivity index (χ0v) is 20.5. The van der Waals surface area contributed by atoms with E-state index in [0.29, 0.717) is 10.8 Å². The van der Waals surface area contributed by atoms with Crippen LogP contribution in [0.4, 0.5) is 0 Å². The van der Waals surface area contributed by atoms with Gasteiger partial charge in [-0.2, -0.15) is 0 Å². The van der Waals surface area contributed by atoms with E-state index in [4.69, 9.17) is 32.7 Å². The molecule has 1 saturated heterocycles. The molecule has 0 spiro atoms. The number of hydrogen-bond donors (Lipinski definition) is 2. The van der Waals surface area contributed by atoms with Gasteiger partial charge >= 0.3 is 0 Å². The molecule has 1 heterocycles. The van der Waals surface area contributed by atoms with Crippen molar-refractivity contribution in [2.24, 2.45) is 0 Å². The number of alkyl halides is 1. The molecule has 0 saturated carbocycles. The van der Waals surface area contributed by atoms with E-state index in [1.54, 1.807) is 0 Å². The van der Waals surface area contributed by atoms with Crippen molar-refractivity contribution >= 4 is 23.2 Å². The molecule has 1 aliphatic heterocycles. The zero-order chi connectivity index (χ0) is 23.0. The van der Waals surface area contributed by atoms with Crippen LogP contribution in [0.15, 0.2) is 42.5 Å². The highest BCUT2D eigenvalue weighted by molar-refractivity contribution is 6.32. The number of hydrogen-bond acceptors (Lipinski definition) is 5. The maximum absolute atomic E-state index is 9.58. The summed E-state index contributed by atoms with van der Waals surface area (Å²) in [4.78, 5) is 2.48. The normalized spacial score (nSPS) is 16.0. The predicted octanol–water partition coefficient (Wildman–Crippen LogP) is 4.32. The van der Waals surface area contributed by atoms with Crippen molar-refractivity contribution in [2.45, 2.75) is 31.8 Å². The topological polar surface area (TPSA) is 54.0 Å². The monoisotopic (exact) mass is 480 g/mol. The molecule has 5 nitrogen and oxygen atoms in total. The van der Waals surface area contributed by atoms with Crippen LogP contribution in [0.2, 0.25) is 5.02 Å². The van der Waals surface area contributed by atoms with Crippen LogP contribution in [0.25, 0.3) is 0 Å². The standard InChI is InChI=1S/C25H34Cl2N2O3/c1-25(2,20-6-9-24(23(27)16-20)32-18-21(30)17-26)19-4-7-22(8-5-19)31-15-3-12-29-13-10-28-11-14-29/h4-9,16,21,28,30H,3,10-15,17-18H2,1-2H3. The lowest BCUT2D eigenvalue weighted by molar-refractivity contribution is 0.125. The molecule has 0 aliphatic carbocycles. The molecule has 1 atom stereocenters. The molecule has 2 aromatic carbocycles. The fraction of sp³-hybridized carbons (Fsp3) is 0.520. The second-order valence-corrected chi connectivity index (χ2v) is 9.42. The number of nitrogens with zero attached hydrogens (tertiary/aromatic N) is 1. The van der Waals surface area contributed by atoms with Gasteiger partial charge in [0.15, 0.2) is 0 Å². The summed E-state index contributed by atoms with van der Waals surface area (Å²) in [7, 11) is 0. The van der Waals surface area contributed by atoms with Crippen molar-refractivity contribution in [1.82, 2.24) is 10.2 Å². The van der Waals surface area contributed by atoms with Crippen LogP contribution in [0, 0.1) is 0 Å². The average molecular weight is 481 g/mol. The molecule has 0 radical (unpaired) electrons. The van der Waals surface area contributed by atoms with Crippen LogP contribution in [-0.4, -0.2) is 67.9 Å². The first-order valence-corrected chi connectivity index (χ1v) is 12.1. The van der Waals surface area contributed by atoms with Crippen molar-refractivity contribution < 1.29 is 14.6 Å². The predicted molar refractivity (Wildman–Crippen MR) is 132 cm³/mol. The van der Waals surface area contributed by atoms with Crippen LogP contribution in [0.3, 0.4) is 0 Å². The molecule has 1 aliphatic rings. The number of benzene rings is 2. The number of nitrogens with one attached hydrogen (secondary N) is 1. The lowest BCUT2D eigenvalue weighted by atomic mass is 9.78. The van der Waals surface area contributed by atoms with Crippen molar-refractivity contribution in [1.29, 1.82) is 0 Å². The quantitative estimate of drug-likeness (QED) is 0.370. The summed E-state index contributed by atoms with van der Waals surface area (Å²) >= 11 is 12.0. The van der Waals surface area contributed by atoms with E-state index in [1.807, 2.05) is 30.3 Å². The molecule has 0 bridgehead atoms. The first-order chi connectivity index (χ1) is 15.4. The summed E-state index contributed by atoms with van der Waals surface area (Å²) in [6, 6.07) is 14.1.